The van der Waals surface area contributed by atoms with Crippen molar-refractivity contribution < 1.29 is 19.1 Å². The molecule has 1 aliphatic rings. The van der Waals surface area contributed by atoms with Crippen molar-refractivity contribution in [1.82, 2.24) is 4.90 Å². The van der Waals surface area contributed by atoms with Crippen LogP contribution in [0.2, 0.25) is 0 Å². The van der Waals surface area contributed by atoms with Gasteiger partial charge in [0, 0.05) is 23.0 Å². The summed E-state index contributed by atoms with van der Waals surface area (Å²) >= 11 is 10.2. The lowest BCUT2D eigenvalue weighted by molar-refractivity contribution is -0.140. The molecular weight excluding hydrogens is 462 g/mol. The van der Waals surface area contributed by atoms with Gasteiger partial charge in [0.05, 0.1) is 18.6 Å². The third-order valence-corrected chi connectivity index (χ3v) is 5.96. The molecule has 8 heteroatoms. The van der Waals surface area contributed by atoms with Crippen molar-refractivity contribution >= 4 is 62.2 Å². The average molecular weight is 486 g/mol. The smallest absolute Gasteiger partial charge is 0.305 e. The van der Waals surface area contributed by atoms with E-state index in [-0.39, 0.29) is 11.9 Å². The molecule has 1 amide bonds. The number of nitrogens with zero attached hydrogens (tertiary/aromatic N) is 1. The molecule has 1 fully saturated rings. The van der Waals surface area contributed by atoms with Crippen LogP contribution in [0.3, 0.4) is 0 Å². The van der Waals surface area contributed by atoms with E-state index in [1.807, 2.05) is 24.3 Å². The van der Waals surface area contributed by atoms with E-state index in [2.05, 4.69) is 27.6 Å². The number of rotatable bonds is 10. The Labute approximate surface area is 184 Å². The van der Waals surface area contributed by atoms with Gasteiger partial charge in [-0.2, -0.15) is 0 Å². The number of thiocarbonyl (C=S) groups is 1. The fourth-order valence-corrected chi connectivity index (χ4v) is 4.31. The molecule has 1 heterocycles. The number of hydrogen-bond acceptors (Lipinski definition) is 6. The van der Waals surface area contributed by atoms with E-state index in [4.69, 9.17) is 17.0 Å². The molecule has 1 aromatic rings. The molecule has 0 spiro atoms. The number of thioether (sulfide) groups is 1. The zero-order valence-corrected chi connectivity index (χ0v) is 19.3. The van der Waals surface area contributed by atoms with Crippen LogP contribution in [0, 0.1) is 0 Å². The van der Waals surface area contributed by atoms with Crippen molar-refractivity contribution in [3.8, 4) is 5.75 Å². The molecule has 1 aromatic carbocycles. The molecule has 0 aliphatic carbocycles. The van der Waals surface area contributed by atoms with Crippen LogP contribution in [0.1, 0.15) is 44.6 Å². The summed E-state index contributed by atoms with van der Waals surface area (Å²) in [5, 5.41) is 0. The summed E-state index contributed by atoms with van der Waals surface area (Å²) in [4.78, 5) is 26.1. The molecule has 2 rings (SSSR count). The quantitative estimate of drug-likeness (QED) is 0.197. The van der Waals surface area contributed by atoms with Gasteiger partial charge in [0.1, 0.15) is 10.1 Å². The first-order valence-electron chi connectivity index (χ1n) is 9.20. The van der Waals surface area contributed by atoms with Crippen LogP contribution in [-0.4, -0.2) is 41.4 Å². The van der Waals surface area contributed by atoms with Crippen LogP contribution >= 0.6 is 39.9 Å². The fraction of sp³-hybridized carbons (Fsp3) is 0.450. The van der Waals surface area contributed by atoms with Crippen molar-refractivity contribution in [1.29, 1.82) is 0 Å². The number of esters is 1. The summed E-state index contributed by atoms with van der Waals surface area (Å²) < 4.78 is 11.9. The molecule has 28 heavy (non-hydrogen) atoms. The number of hydrogen-bond donors (Lipinski definition) is 0. The Hall–Kier alpha value is -1.38. The minimum atomic E-state index is -0.205. The number of benzene rings is 1. The van der Waals surface area contributed by atoms with Crippen molar-refractivity contribution in [3.63, 3.8) is 0 Å². The maximum atomic E-state index is 12.8. The molecule has 0 saturated carbocycles. The molecule has 0 radical (unpaired) electrons. The summed E-state index contributed by atoms with van der Waals surface area (Å²) in [5.41, 5.74) is 0.849. The van der Waals surface area contributed by atoms with Gasteiger partial charge < -0.3 is 9.47 Å². The number of halogens is 1. The number of methoxy groups -OCH3 is 1. The Morgan fingerprint density at radius 2 is 2.11 bits per heavy atom. The minimum Gasteiger partial charge on any atom is -0.493 e. The average Bonchev–Trinajstić information content (AvgIpc) is 2.94. The first-order valence-corrected chi connectivity index (χ1v) is 11.2. The molecule has 0 bridgehead atoms. The zero-order chi connectivity index (χ0) is 20.5. The molecule has 0 aromatic heterocycles. The Balaban J connectivity index is 2.01. The normalized spacial score (nSPS) is 15.4. The number of unbranched alkanes of at least 4 members (excludes halogenated alkanes) is 2. The van der Waals surface area contributed by atoms with Crippen LogP contribution in [0.5, 0.6) is 5.75 Å². The van der Waals surface area contributed by atoms with Crippen LogP contribution in [-0.2, 0) is 14.3 Å². The lowest BCUT2D eigenvalue weighted by Gasteiger charge is -2.14. The van der Waals surface area contributed by atoms with Gasteiger partial charge in [-0.05, 0) is 43.5 Å². The highest BCUT2D eigenvalue weighted by Crippen LogP contribution is 2.35. The summed E-state index contributed by atoms with van der Waals surface area (Å²) in [6, 6.07) is 5.75. The Morgan fingerprint density at radius 1 is 1.32 bits per heavy atom. The molecule has 0 unspecified atom stereocenters. The van der Waals surface area contributed by atoms with Gasteiger partial charge in [-0.25, -0.2) is 0 Å². The SMILES string of the molecule is CCCOc1ccc(Br)cc1/C=C1/SC(=S)N(CCCCCC(=O)OC)C1=O. The highest BCUT2D eigenvalue weighted by atomic mass is 79.9. The predicted molar refractivity (Wildman–Crippen MR) is 120 cm³/mol. The molecule has 1 saturated heterocycles. The number of carbonyl (C=O) groups excluding carboxylic acids is 2. The summed E-state index contributed by atoms with van der Waals surface area (Å²) in [6.07, 6.45) is 5.52. The van der Waals surface area contributed by atoms with Gasteiger partial charge in [0.25, 0.3) is 5.91 Å². The maximum Gasteiger partial charge on any atom is 0.305 e. The van der Waals surface area contributed by atoms with E-state index in [9.17, 15) is 9.59 Å². The lowest BCUT2D eigenvalue weighted by Crippen LogP contribution is -2.29. The van der Waals surface area contributed by atoms with Gasteiger partial charge in [-0.3, -0.25) is 14.5 Å². The van der Waals surface area contributed by atoms with Gasteiger partial charge in [-0.1, -0.05) is 53.3 Å². The Bertz CT molecular complexity index is 767. The third-order valence-electron chi connectivity index (χ3n) is 4.08. The third kappa shape index (κ3) is 6.60. The second-order valence-electron chi connectivity index (χ2n) is 6.25. The molecular formula is C20H24BrNO4S2. The van der Waals surface area contributed by atoms with E-state index in [1.54, 1.807) is 4.90 Å². The Morgan fingerprint density at radius 3 is 2.82 bits per heavy atom. The van der Waals surface area contributed by atoms with E-state index in [1.165, 1.54) is 18.9 Å². The van der Waals surface area contributed by atoms with Gasteiger partial charge in [-0.15, -0.1) is 0 Å². The van der Waals surface area contributed by atoms with E-state index >= 15 is 0 Å². The van der Waals surface area contributed by atoms with Crippen molar-refractivity contribution in [2.75, 3.05) is 20.3 Å². The summed E-state index contributed by atoms with van der Waals surface area (Å²) in [6.45, 7) is 3.23. The Kier molecular flexibility index (Phi) is 9.47. The van der Waals surface area contributed by atoms with E-state index < -0.39 is 0 Å². The topological polar surface area (TPSA) is 55.8 Å². The first-order chi connectivity index (χ1) is 13.5. The van der Waals surface area contributed by atoms with Gasteiger partial charge in [0.15, 0.2) is 0 Å². The number of amides is 1. The van der Waals surface area contributed by atoms with Crippen LogP contribution in [0.4, 0.5) is 0 Å². The maximum absolute atomic E-state index is 12.8. The van der Waals surface area contributed by atoms with Crippen molar-refractivity contribution in [2.45, 2.75) is 39.0 Å². The predicted octanol–water partition coefficient (Wildman–Crippen LogP) is 5.17. The lowest BCUT2D eigenvalue weighted by atomic mass is 10.1. The highest BCUT2D eigenvalue weighted by molar-refractivity contribution is 9.10. The second-order valence-corrected chi connectivity index (χ2v) is 8.84. The van der Waals surface area contributed by atoms with Crippen LogP contribution in [0.25, 0.3) is 6.08 Å². The zero-order valence-electron chi connectivity index (χ0n) is 16.0. The molecule has 152 valence electrons. The second kappa shape index (κ2) is 11.6. The van der Waals surface area contributed by atoms with E-state index in [0.717, 1.165) is 41.5 Å². The van der Waals surface area contributed by atoms with Gasteiger partial charge in [0.2, 0.25) is 0 Å². The van der Waals surface area contributed by atoms with Crippen LogP contribution < -0.4 is 4.74 Å². The summed E-state index contributed by atoms with van der Waals surface area (Å²) in [5.74, 6) is 0.464. The highest BCUT2D eigenvalue weighted by Gasteiger charge is 2.31. The van der Waals surface area contributed by atoms with Crippen molar-refractivity contribution in [3.05, 3.63) is 33.1 Å². The molecule has 5 nitrogen and oxygen atoms in total. The van der Waals surface area contributed by atoms with Gasteiger partial charge >= 0.3 is 5.97 Å². The standard InChI is InChI=1S/C20H24BrNO4S2/c1-3-11-26-16-9-8-15(21)12-14(16)13-17-19(24)22(20(27)28-17)10-6-4-5-7-18(23)25-2/h8-9,12-13H,3-7,10-11H2,1-2H3/b17-13+. The molecule has 0 atom stereocenters. The van der Waals surface area contributed by atoms with E-state index in [0.29, 0.717) is 28.8 Å². The first kappa shape index (κ1) is 22.9. The fourth-order valence-electron chi connectivity index (χ4n) is 2.63. The molecule has 1 aliphatic heterocycles. The monoisotopic (exact) mass is 485 g/mol. The number of ether oxygens (including phenoxy) is 2. The molecule has 0 N–H and O–H groups in total. The largest absolute Gasteiger partial charge is 0.493 e. The minimum absolute atomic E-state index is 0.0793. The van der Waals surface area contributed by atoms with Crippen LogP contribution in [0.15, 0.2) is 27.6 Å². The number of carbonyl (C=O) groups is 2. The van der Waals surface area contributed by atoms with Crippen molar-refractivity contribution in [2.24, 2.45) is 0 Å². The summed E-state index contributed by atoms with van der Waals surface area (Å²) in [7, 11) is 1.39.